The molecule has 7 heteroatoms. The van der Waals surface area contributed by atoms with E-state index in [2.05, 4.69) is 10.6 Å². The lowest BCUT2D eigenvalue weighted by Crippen LogP contribution is -2.54. The molecule has 2 fully saturated rings. The maximum atomic E-state index is 13.3. The molecule has 1 spiro atoms. The Morgan fingerprint density at radius 1 is 1.26 bits per heavy atom. The summed E-state index contributed by atoms with van der Waals surface area (Å²) < 4.78 is 0. The number of unbranched alkanes of at least 4 members (excludes halogenated alkanes) is 1. The number of anilines is 1. The van der Waals surface area contributed by atoms with E-state index < -0.39 is 29.5 Å². The van der Waals surface area contributed by atoms with Crippen LogP contribution in [0.2, 0.25) is 0 Å². The minimum absolute atomic E-state index is 0.289. The Morgan fingerprint density at radius 2 is 2.00 bits per heavy atom. The largest absolute Gasteiger partial charge is 0.392 e. The lowest BCUT2D eigenvalue weighted by Gasteiger charge is -2.30. The van der Waals surface area contributed by atoms with E-state index in [1.807, 2.05) is 32.0 Å². The molecule has 3 aliphatic rings. The average Bonchev–Trinajstić information content (AvgIpc) is 3.20. The third-order valence-corrected chi connectivity index (χ3v) is 6.15. The fraction of sp³-hybridized carbons (Fsp3) is 0.550. The van der Waals surface area contributed by atoms with Crippen molar-refractivity contribution in [1.29, 1.82) is 0 Å². The molecule has 1 aromatic carbocycles. The first-order chi connectivity index (χ1) is 12.8. The van der Waals surface area contributed by atoms with Gasteiger partial charge in [-0.25, -0.2) is 0 Å². The van der Waals surface area contributed by atoms with Gasteiger partial charge in [-0.2, -0.15) is 0 Å². The molecule has 0 aromatic heterocycles. The predicted molar refractivity (Wildman–Crippen MR) is 98.7 cm³/mol. The number of hydrogen-bond donors (Lipinski definition) is 3. The molecular weight excluding hydrogens is 346 g/mol. The summed E-state index contributed by atoms with van der Waals surface area (Å²) in [5, 5.41) is 16.4. The highest BCUT2D eigenvalue weighted by Crippen LogP contribution is 2.53. The zero-order valence-corrected chi connectivity index (χ0v) is 15.8. The Hall–Kier alpha value is -2.25. The van der Waals surface area contributed by atoms with Gasteiger partial charge >= 0.3 is 0 Å². The molecule has 3 aliphatic heterocycles. The molecule has 0 bridgehead atoms. The molecule has 0 radical (unpaired) electrons. The van der Waals surface area contributed by atoms with Crippen LogP contribution in [0, 0.1) is 18.8 Å². The third-order valence-electron chi connectivity index (χ3n) is 6.15. The number of fused-ring (bicyclic) bond motifs is 4. The standard InChI is InChI=1S/C20H25N3O4/c1-4-5-8-23-17(25)14-15(18(23)26)20(22-16(14)11(3)24)12-9-10(2)6-7-13(12)21-19(20)27/h6-7,9,11,14-16,22,24H,4-5,8H2,1-3H3,(H,21,27). The second-order valence-electron chi connectivity index (χ2n) is 7.91. The number of hydrogen-bond acceptors (Lipinski definition) is 5. The molecule has 3 N–H and O–H groups in total. The molecule has 0 saturated carbocycles. The van der Waals surface area contributed by atoms with Crippen LogP contribution >= 0.6 is 0 Å². The van der Waals surface area contributed by atoms with Crippen LogP contribution in [-0.4, -0.2) is 46.4 Å². The van der Waals surface area contributed by atoms with Crippen LogP contribution in [0.15, 0.2) is 18.2 Å². The molecule has 4 rings (SSSR count). The van der Waals surface area contributed by atoms with Crippen LogP contribution in [0.3, 0.4) is 0 Å². The number of imide groups is 1. The van der Waals surface area contributed by atoms with Crippen LogP contribution in [0.1, 0.15) is 37.8 Å². The van der Waals surface area contributed by atoms with Gasteiger partial charge in [0.2, 0.25) is 17.7 Å². The van der Waals surface area contributed by atoms with E-state index in [1.165, 1.54) is 4.90 Å². The zero-order chi connectivity index (χ0) is 19.5. The number of rotatable bonds is 4. The SMILES string of the molecule is CCCCN1C(=O)C2C(C(C)O)NC3(C(=O)Nc4ccc(C)cc43)C2C1=O. The molecule has 7 nitrogen and oxygen atoms in total. The summed E-state index contributed by atoms with van der Waals surface area (Å²) in [5.41, 5.74) is 0.976. The van der Waals surface area contributed by atoms with Gasteiger partial charge in [-0.15, -0.1) is 0 Å². The first kappa shape index (κ1) is 18.1. The molecule has 27 heavy (non-hydrogen) atoms. The molecule has 2 saturated heterocycles. The van der Waals surface area contributed by atoms with Crippen molar-refractivity contribution in [3.05, 3.63) is 29.3 Å². The lowest BCUT2D eigenvalue weighted by molar-refractivity contribution is -0.143. The fourth-order valence-corrected chi connectivity index (χ4v) is 4.86. The summed E-state index contributed by atoms with van der Waals surface area (Å²) in [6, 6.07) is 4.94. The van der Waals surface area contributed by atoms with E-state index in [4.69, 9.17) is 0 Å². The van der Waals surface area contributed by atoms with Crippen molar-refractivity contribution in [1.82, 2.24) is 10.2 Å². The van der Waals surface area contributed by atoms with Gasteiger partial charge in [0.25, 0.3) is 0 Å². The number of carbonyl (C=O) groups is 3. The molecule has 144 valence electrons. The number of nitrogens with zero attached hydrogens (tertiary/aromatic N) is 1. The van der Waals surface area contributed by atoms with E-state index in [1.54, 1.807) is 6.92 Å². The monoisotopic (exact) mass is 371 g/mol. The minimum atomic E-state index is -1.32. The second-order valence-corrected chi connectivity index (χ2v) is 7.91. The third kappa shape index (κ3) is 2.31. The fourth-order valence-electron chi connectivity index (χ4n) is 4.86. The number of aliphatic hydroxyl groups excluding tert-OH is 1. The number of aryl methyl sites for hydroxylation is 1. The maximum Gasteiger partial charge on any atom is 0.250 e. The second kappa shape index (κ2) is 6.14. The summed E-state index contributed by atoms with van der Waals surface area (Å²) in [5.74, 6) is -2.53. The van der Waals surface area contributed by atoms with Crippen molar-refractivity contribution in [2.75, 3.05) is 11.9 Å². The molecular formula is C20H25N3O4. The van der Waals surface area contributed by atoms with Gasteiger partial charge in [0.05, 0.1) is 17.9 Å². The maximum absolute atomic E-state index is 13.3. The zero-order valence-electron chi connectivity index (χ0n) is 15.8. The number of aliphatic hydroxyl groups is 1. The van der Waals surface area contributed by atoms with Crippen molar-refractivity contribution in [2.24, 2.45) is 11.8 Å². The van der Waals surface area contributed by atoms with Crippen molar-refractivity contribution in [2.45, 2.75) is 51.3 Å². The normalized spacial score (nSPS) is 32.8. The van der Waals surface area contributed by atoms with Crippen LogP contribution < -0.4 is 10.6 Å². The number of benzene rings is 1. The van der Waals surface area contributed by atoms with Gasteiger partial charge in [-0.1, -0.05) is 31.0 Å². The molecule has 5 unspecified atom stereocenters. The summed E-state index contributed by atoms with van der Waals surface area (Å²) in [4.78, 5) is 40.7. The van der Waals surface area contributed by atoms with Crippen molar-refractivity contribution < 1.29 is 19.5 Å². The summed E-state index contributed by atoms with van der Waals surface area (Å²) >= 11 is 0. The van der Waals surface area contributed by atoms with Crippen LogP contribution in [0.25, 0.3) is 0 Å². The molecule has 5 atom stereocenters. The first-order valence-electron chi connectivity index (χ1n) is 9.56. The Morgan fingerprint density at radius 3 is 2.67 bits per heavy atom. The molecule has 3 heterocycles. The van der Waals surface area contributed by atoms with Crippen molar-refractivity contribution >= 4 is 23.4 Å². The number of nitrogens with one attached hydrogen (secondary N) is 2. The topological polar surface area (TPSA) is 98.7 Å². The van der Waals surface area contributed by atoms with E-state index in [0.717, 1.165) is 18.4 Å². The lowest BCUT2D eigenvalue weighted by atomic mass is 9.76. The van der Waals surface area contributed by atoms with Gasteiger partial charge in [0.15, 0.2) is 0 Å². The van der Waals surface area contributed by atoms with Gasteiger partial charge < -0.3 is 10.4 Å². The Kier molecular flexibility index (Phi) is 4.12. The van der Waals surface area contributed by atoms with Gasteiger partial charge in [-0.05, 0) is 26.3 Å². The molecule has 0 aliphatic carbocycles. The summed E-state index contributed by atoms with van der Waals surface area (Å²) in [7, 11) is 0. The Bertz CT molecular complexity index is 837. The van der Waals surface area contributed by atoms with E-state index in [-0.39, 0.29) is 17.7 Å². The highest BCUT2D eigenvalue weighted by molar-refractivity contribution is 6.15. The minimum Gasteiger partial charge on any atom is -0.392 e. The van der Waals surface area contributed by atoms with Gasteiger partial charge in [-0.3, -0.25) is 24.6 Å². The van der Waals surface area contributed by atoms with E-state index >= 15 is 0 Å². The van der Waals surface area contributed by atoms with Crippen LogP contribution in [0.5, 0.6) is 0 Å². The van der Waals surface area contributed by atoms with Crippen LogP contribution in [0.4, 0.5) is 5.69 Å². The van der Waals surface area contributed by atoms with Gasteiger partial charge in [0, 0.05) is 23.8 Å². The quantitative estimate of drug-likeness (QED) is 0.683. The Labute approximate surface area is 158 Å². The predicted octanol–water partition coefficient (Wildman–Crippen LogP) is 0.896. The van der Waals surface area contributed by atoms with Gasteiger partial charge in [0.1, 0.15) is 5.54 Å². The van der Waals surface area contributed by atoms with Crippen molar-refractivity contribution in [3.8, 4) is 0 Å². The van der Waals surface area contributed by atoms with Crippen molar-refractivity contribution in [3.63, 3.8) is 0 Å². The molecule has 3 amide bonds. The highest BCUT2D eigenvalue weighted by Gasteiger charge is 2.70. The first-order valence-corrected chi connectivity index (χ1v) is 9.56. The summed E-state index contributed by atoms with van der Waals surface area (Å²) in [6.45, 7) is 5.86. The van der Waals surface area contributed by atoms with E-state index in [0.29, 0.717) is 17.8 Å². The number of amides is 3. The smallest absolute Gasteiger partial charge is 0.250 e. The number of likely N-dealkylation sites (tertiary alicyclic amines) is 1. The van der Waals surface area contributed by atoms with E-state index in [9.17, 15) is 19.5 Å². The average molecular weight is 371 g/mol. The number of carbonyl (C=O) groups excluding carboxylic acids is 3. The Balaban J connectivity index is 1.86. The van der Waals surface area contributed by atoms with Crippen LogP contribution in [-0.2, 0) is 19.9 Å². The highest BCUT2D eigenvalue weighted by atomic mass is 16.3. The molecule has 1 aromatic rings. The summed E-state index contributed by atoms with van der Waals surface area (Å²) in [6.07, 6.45) is 0.706.